The van der Waals surface area contributed by atoms with Crippen molar-refractivity contribution in [3.63, 3.8) is 0 Å². The Morgan fingerprint density at radius 1 is 0.545 bits per heavy atom. The van der Waals surface area contributed by atoms with Crippen molar-refractivity contribution in [3.8, 4) is 0 Å². The molecule has 1 N–H and O–H groups in total. The Hall–Kier alpha value is -2.32. The van der Waals surface area contributed by atoms with Crippen LogP contribution in [0, 0.1) is 5.92 Å². The number of alkyl carbamates (subject to hydrolysis) is 1. The summed E-state index contributed by atoms with van der Waals surface area (Å²) in [6.07, 6.45) is -0.995. The van der Waals surface area contributed by atoms with Gasteiger partial charge in [-0.15, -0.1) is 0 Å². The molecule has 0 aromatic heterocycles. The number of rotatable bonds is 7. The Balaban J connectivity index is 5.72. The van der Waals surface area contributed by atoms with E-state index in [0.717, 1.165) is 0 Å². The summed E-state index contributed by atoms with van der Waals surface area (Å²) in [4.78, 5) is 50.6. The van der Waals surface area contributed by atoms with Gasteiger partial charge in [-0.2, -0.15) is 0 Å². The van der Waals surface area contributed by atoms with E-state index < -0.39 is 58.4 Å². The van der Waals surface area contributed by atoms with Gasteiger partial charge in [0, 0.05) is 0 Å². The standard InChI is InChI=1S/C24H43NO8/c1-21(2,3)30-17(26)15(18(27)31-22(4,5)6)13-14-16(19(28)32-23(7,8)9)25-20(29)33-24(10,11)12/h15-16H,13-14H2,1-12H3,(H,25,29)/t16-/m0/s1. The minimum Gasteiger partial charge on any atom is -0.459 e. The second-order valence-electron chi connectivity index (χ2n) is 11.9. The molecule has 192 valence electrons. The van der Waals surface area contributed by atoms with Crippen LogP contribution in [0.1, 0.15) is 95.9 Å². The molecule has 0 spiro atoms. The average molecular weight is 474 g/mol. The molecule has 9 heteroatoms. The first-order valence-corrected chi connectivity index (χ1v) is 11.2. The zero-order valence-corrected chi connectivity index (χ0v) is 22.3. The average Bonchev–Trinajstić information content (AvgIpc) is 2.46. The SMILES string of the molecule is CC(C)(C)OC(=O)N[C@@H](CCC(C(=O)OC(C)(C)C)C(=O)OC(C)(C)C)C(=O)OC(C)(C)C. The van der Waals surface area contributed by atoms with Gasteiger partial charge in [-0.3, -0.25) is 9.59 Å². The van der Waals surface area contributed by atoms with Crippen LogP contribution in [-0.2, 0) is 33.3 Å². The number of hydrogen-bond donors (Lipinski definition) is 1. The lowest BCUT2D eigenvalue weighted by Gasteiger charge is -2.28. The summed E-state index contributed by atoms with van der Waals surface area (Å²) >= 11 is 0. The molecule has 0 aliphatic heterocycles. The molecule has 0 fully saturated rings. The van der Waals surface area contributed by atoms with E-state index in [1.165, 1.54) is 0 Å². The van der Waals surface area contributed by atoms with Gasteiger partial charge in [-0.25, -0.2) is 9.59 Å². The molecule has 0 radical (unpaired) electrons. The van der Waals surface area contributed by atoms with Gasteiger partial charge >= 0.3 is 24.0 Å². The van der Waals surface area contributed by atoms with Gasteiger partial charge in [0.15, 0.2) is 5.92 Å². The van der Waals surface area contributed by atoms with Crippen molar-refractivity contribution in [2.75, 3.05) is 0 Å². The first-order chi connectivity index (χ1) is 14.5. The fourth-order valence-corrected chi connectivity index (χ4v) is 2.48. The third-order valence-electron chi connectivity index (χ3n) is 3.51. The van der Waals surface area contributed by atoms with E-state index in [9.17, 15) is 19.2 Å². The first-order valence-electron chi connectivity index (χ1n) is 11.2. The van der Waals surface area contributed by atoms with Crippen molar-refractivity contribution in [2.45, 2.75) is 124 Å². The number of amides is 1. The van der Waals surface area contributed by atoms with Gasteiger partial charge in [0.2, 0.25) is 0 Å². The van der Waals surface area contributed by atoms with E-state index >= 15 is 0 Å². The van der Waals surface area contributed by atoms with Gasteiger partial charge in [0.25, 0.3) is 0 Å². The lowest BCUT2D eigenvalue weighted by molar-refractivity contribution is -0.175. The summed E-state index contributed by atoms with van der Waals surface area (Å²) in [5.41, 5.74) is -3.23. The van der Waals surface area contributed by atoms with Crippen LogP contribution < -0.4 is 5.32 Å². The highest BCUT2D eigenvalue weighted by Crippen LogP contribution is 2.22. The Morgan fingerprint density at radius 2 is 0.879 bits per heavy atom. The Labute approximate surface area is 198 Å². The second-order valence-corrected chi connectivity index (χ2v) is 11.9. The van der Waals surface area contributed by atoms with Gasteiger partial charge in [0.05, 0.1) is 0 Å². The fraction of sp³-hybridized carbons (Fsp3) is 0.833. The third kappa shape index (κ3) is 15.2. The van der Waals surface area contributed by atoms with Crippen LogP contribution in [0.2, 0.25) is 0 Å². The Kier molecular flexibility index (Phi) is 10.4. The molecule has 0 aliphatic carbocycles. The predicted molar refractivity (Wildman–Crippen MR) is 123 cm³/mol. The smallest absolute Gasteiger partial charge is 0.408 e. The summed E-state index contributed by atoms with van der Waals surface area (Å²) in [6, 6.07) is -1.15. The molecule has 9 nitrogen and oxygen atoms in total. The van der Waals surface area contributed by atoms with Crippen LogP contribution in [0.25, 0.3) is 0 Å². The predicted octanol–water partition coefficient (Wildman–Crippen LogP) is 4.30. The maximum absolute atomic E-state index is 12.8. The van der Waals surface area contributed by atoms with Crippen molar-refractivity contribution in [1.82, 2.24) is 5.32 Å². The number of nitrogens with one attached hydrogen (secondary N) is 1. The second kappa shape index (κ2) is 11.2. The quantitative estimate of drug-likeness (QED) is 0.330. The van der Waals surface area contributed by atoms with Crippen molar-refractivity contribution in [3.05, 3.63) is 0 Å². The summed E-state index contributed by atoms with van der Waals surface area (Å²) in [5.74, 6) is -3.52. The molecule has 0 saturated heterocycles. The van der Waals surface area contributed by atoms with Crippen molar-refractivity contribution in [1.29, 1.82) is 0 Å². The minimum atomic E-state index is -1.28. The van der Waals surface area contributed by atoms with Gasteiger partial charge < -0.3 is 24.3 Å². The summed E-state index contributed by atoms with van der Waals surface area (Å²) in [6.45, 7) is 20.3. The molecule has 33 heavy (non-hydrogen) atoms. The molecule has 0 aromatic carbocycles. The van der Waals surface area contributed by atoms with Crippen LogP contribution in [0.5, 0.6) is 0 Å². The van der Waals surface area contributed by atoms with Gasteiger partial charge in [0.1, 0.15) is 28.4 Å². The van der Waals surface area contributed by atoms with E-state index in [1.807, 2.05) is 0 Å². The Bertz CT molecular complexity index is 674. The van der Waals surface area contributed by atoms with Crippen LogP contribution >= 0.6 is 0 Å². The highest BCUT2D eigenvalue weighted by molar-refractivity contribution is 5.95. The van der Waals surface area contributed by atoms with Gasteiger partial charge in [-0.1, -0.05) is 0 Å². The molecule has 0 rings (SSSR count). The fourth-order valence-electron chi connectivity index (χ4n) is 2.48. The largest absolute Gasteiger partial charge is 0.459 e. The zero-order chi connectivity index (χ0) is 26.4. The molecule has 0 heterocycles. The van der Waals surface area contributed by atoms with Crippen molar-refractivity contribution < 1.29 is 38.1 Å². The summed E-state index contributed by atoms with van der Waals surface area (Å²) < 4.78 is 21.4. The molecule has 1 amide bonds. The molecule has 1 atom stereocenters. The summed E-state index contributed by atoms with van der Waals surface area (Å²) in [7, 11) is 0. The molecular weight excluding hydrogens is 430 g/mol. The molecule has 0 aromatic rings. The molecule has 0 unspecified atom stereocenters. The first kappa shape index (κ1) is 30.7. The highest BCUT2D eigenvalue weighted by Gasteiger charge is 2.37. The van der Waals surface area contributed by atoms with Crippen LogP contribution in [-0.4, -0.2) is 52.4 Å². The van der Waals surface area contributed by atoms with Crippen LogP contribution in [0.3, 0.4) is 0 Å². The number of carbonyl (C=O) groups excluding carboxylic acids is 4. The van der Waals surface area contributed by atoms with E-state index in [1.54, 1.807) is 83.1 Å². The number of esters is 3. The lowest BCUT2D eigenvalue weighted by atomic mass is 9.98. The van der Waals surface area contributed by atoms with E-state index in [2.05, 4.69) is 5.32 Å². The maximum atomic E-state index is 12.8. The summed E-state index contributed by atoms with van der Waals surface area (Å²) in [5, 5.41) is 2.49. The van der Waals surface area contributed by atoms with E-state index in [4.69, 9.17) is 18.9 Å². The molecular formula is C24H43NO8. The Morgan fingerprint density at radius 3 is 1.21 bits per heavy atom. The molecule has 0 aliphatic rings. The molecule has 0 bridgehead atoms. The lowest BCUT2D eigenvalue weighted by Crippen LogP contribution is -2.46. The minimum absolute atomic E-state index is 0.0721. The van der Waals surface area contributed by atoms with Crippen LogP contribution in [0.15, 0.2) is 0 Å². The van der Waals surface area contributed by atoms with Crippen molar-refractivity contribution in [2.24, 2.45) is 5.92 Å². The normalized spacial score (nSPS) is 13.7. The zero-order valence-electron chi connectivity index (χ0n) is 22.3. The van der Waals surface area contributed by atoms with Crippen LogP contribution in [0.4, 0.5) is 4.79 Å². The highest BCUT2D eigenvalue weighted by atomic mass is 16.6. The molecule has 0 saturated carbocycles. The number of carbonyl (C=O) groups is 4. The van der Waals surface area contributed by atoms with E-state index in [-0.39, 0.29) is 12.8 Å². The number of hydrogen-bond acceptors (Lipinski definition) is 8. The van der Waals surface area contributed by atoms with E-state index in [0.29, 0.717) is 0 Å². The van der Waals surface area contributed by atoms with Gasteiger partial charge in [-0.05, 0) is 95.9 Å². The maximum Gasteiger partial charge on any atom is 0.408 e. The number of ether oxygens (including phenoxy) is 4. The topological polar surface area (TPSA) is 117 Å². The van der Waals surface area contributed by atoms with Crippen molar-refractivity contribution >= 4 is 24.0 Å². The monoisotopic (exact) mass is 473 g/mol. The third-order valence-corrected chi connectivity index (χ3v) is 3.51.